The van der Waals surface area contributed by atoms with E-state index in [9.17, 15) is 4.79 Å². The number of hydrogen-bond donors (Lipinski definition) is 0. The van der Waals surface area contributed by atoms with E-state index >= 15 is 0 Å². The topological polar surface area (TPSA) is 48.0 Å². The number of carbonyl (C=O) groups excluding carboxylic acids is 1. The van der Waals surface area contributed by atoms with Gasteiger partial charge in [-0.25, -0.2) is 0 Å². The van der Waals surface area contributed by atoms with Crippen LogP contribution in [-0.2, 0) is 6.42 Å². The van der Waals surface area contributed by atoms with E-state index in [0.29, 0.717) is 47.4 Å². The van der Waals surface area contributed by atoms with Crippen LogP contribution < -0.4 is 14.2 Å². The van der Waals surface area contributed by atoms with Crippen molar-refractivity contribution in [2.24, 2.45) is 0 Å². The molecule has 1 heterocycles. The van der Waals surface area contributed by atoms with E-state index in [-0.39, 0.29) is 11.9 Å². The molecule has 1 aliphatic rings. The van der Waals surface area contributed by atoms with Gasteiger partial charge in [-0.2, -0.15) is 0 Å². The molecule has 0 N–H and O–H groups in total. The molecule has 166 valence electrons. The summed E-state index contributed by atoms with van der Waals surface area (Å²) in [5, 5.41) is 0.622. The van der Waals surface area contributed by atoms with Crippen LogP contribution in [0.25, 0.3) is 0 Å². The fraction of sp³-hybridized carbons (Fsp3) is 0.269. The Morgan fingerprint density at radius 1 is 1.00 bits per heavy atom. The maximum absolute atomic E-state index is 13.8. The molecule has 0 saturated heterocycles. The van der Waals surface area contributed by atoms with Gasteiger partial charge in [0.2, 0.25) is 0 Å². The van der Waals surface area contributed by atoms with Crippen molar-refractivity contribution < 1.29 is 19.0 Å². The number of methoxy groups -OCH3 is 2. The van der Waals surface area contributed by atoms with Crippen LogP contribution in [0, 0.1) is 0 Å². The van der Waals surface area contributed by atoms with E-state index in [1.807, 2.05) is 72.5 Å². The van der Waals surface area contributed by atoms with Crippen molar-refractivity contribution >= 4 is 17.5 Å². The molecule has 32 heavy (non-hydrogen) atoms. The molecule has 0 fully saturated rings. The Morgan fingerprint density at radius 2 is 1.75 bits per heavy atom. The number of carbonyl (C=O) groups is 1. The van der Waals surface area contributed by atoms with E-state index in [1.54, 1.807) is 14.2 Å². The molecule has 6 heteroatoms. The lowest BCUT2D eigenvalue weighted by Crippen LogP contribution is -2.40. The van der Waals surface area contributed by atoms with Crippen LogP contribution >= 0.6 is 11.6 Å². The first-order chi connectivity index (χ1) is 15.6. The molecule has 5 nitrogen and oxygen atoms in total. The first-order valence-corrected chi connectivity index (χ1v) is 11.0. The molecule has 1 aliphatic heterocycles. The number of hydrogen-bond acceptors (Lipinski definition) is 4. The summed E-state index contributed by atoms with van der Waals surface area (Å²) in [6.45, 7) is 2.95. The summed E-state index contributed by atoms with van der Waals surface area (Å²) in [6.07, 6.45) is 0.704. The third-order valence-electron chi connectivity index (χ3n) is 5.72. The Bertz CT molecular complexity index is 1130. The average molecular weight is 452 g/mol. The highest BCUT2D eigenvalue weighted by atomic mass is 35.5. The Hall–Kier alpha value is -3.18. The Morgan fingerprint density at radius 3 is 2.47 bits per heavy atom. The average Bonchev–Trinajstić information content (AvgIpc) is 2.82. The van der Waals surface area contributed by atoms with Gasteiger partial charge in [-0.1, -0.05) is 35.9 Å². The number of fused-ring (bicyclic) bond motifs is 1. The second-order valence-corrected chi connectivity index (χ2v) is 7.98. The Kier molecular flexibility index (Phi) is 6.56. The van der Waals surface area contributed by atoms with Gasteiger partial charge in [0.25, 0.3) is 5.91 Å². The molecule has 0 aliphatic carbocycles. The van der Waals surface area contributed by atoms with E-state index in [1.165, 1.54) is 0 Å². The number of ether oxygens (including phenoxy) is 3. The summed E-state index contributed by atoms with van der Waals surface area (Å²) < 4.78 is 16.8. The minimum Gasteiger partial charge on any atom is -0.493 e. The predicted molar refractivity (Wildman–Crippen MR) is 125 cm³/mol. The maximum atomic E-state index is 13.8. The number of nitrogens with zero attached hydrogens (tertiary/aromatic N) is 1. The second-order valence-electron chi connectivity index (χ2n) is 7.54. The zero-order valence-electron chi connectivity index (χ0n) is 18.4. The Balaban J connectivity index is 1.86. The lowest BCUT2D eigenvalue weighted by atomic mass is 9.87. The van der Waals surface area contributed by atoms with Crippen molar-refractivity contribution in [3.63, 3.8) is 0 Å². The fourth-order valence-corrected chi connectivity index (χ4v) is 4.48. The largest absolute Gasteiger partial charge is 0.493 e. The lowest BCUT2D eigenvalue weighted by molar-refractivity contribution is 0.0690. The second kappa shape index (κ2) is 9.53. The van der Waals surface area contributed by atoms with E-state index in [2.05, 4.69) is 0 Å². The zero-order chi connectivity index (χ0) is 22.7. The highest BCUT2D eigenvalue weighted by molar-refractivity contribution is 6.30. The predicted octanol–water partition coefficient (Wildman–Crippen LogP) is 5.54. The molecule has 0 saturated carbocycles. The van der Waals surface area contributed by atoms with E-state index < -0.39 is 0 Å². The number of rotatable bonds is 6. The normalized spacial score (nSPS) is 15.1. The number of halogens is 1. The van der Waals surface area contributed by atoms with Crippen LogP contribution in [0.15, 0.2) is 60.7 Å². The van der Waals surface area contributed by atoms with Gasteiger partial charge < -0.3 is 19.1 Å². The zero-order valence-corrected chi connectivity index (χ0v) is 19.2. The number of benzene rings is 3. The third-order valence-corrected chi connectivity index (χ3v) is 5.95. The summed E-state index contributed by atoms with van der Waals surface area (Å²) in [5.74, 6) is 1.81. The summed E-state index contributed by atoms with van der Waals surface area (Å²) in [4.78, 5) is 15.7. The minimum absolute atomic E-state index is 0.0838. The van der Waals surface area contributed by atoms with Crippen molar-refractivity contribution in [2.75, 3.05) is 27.4 Å². The first kappa shape index (κ1) is 22.0. The highest BCUT2D eigenvalue weighted by Crippen LogP contribution is 2.42. The van der Waals surface area contributed by atoms with Crippen molar-refractivity contribution in [2.45, 2.75) is 19.4 Å². The van der Waals surface area contributed by atoms with E-state index in [0.717, 1.165) is 16.7 Å². The van der Waals surface area contributed by atoms with Crippen LogP contribution in [0.3, 0.4) is 0 Å². The van der Waals surface area contributed by atoms with Crippen molar-refractivity contribution in [1.82, 2.24) is 4.90 Å². The van der Waals surface area contributed by atoms with Crippen molar-refractivity contribution in [1.29, 1.82) is 0 Å². The van der Waals surface area contributed by atoms with Crippen LogP contribution in [-0.4, -0.2) is 38.2 Å². The van der Waals surface area contributed by atoms with Gasteiger partial charge in [-0.05, 0) is 66.4 Å². The molecule has 1 atom stereocenters. The standard InChI is InChI=1S/C26H26ClNO4/c1-4-32-22-11-6-5-10-20(22)26(29)28-13-12-17-15-23(30-2)24(31-3)16-21(17)25(28)18-8-7-9-19(27)14-18/h5-11,14-16,25H,4,12-13H2,1-3H3/t25-/m0/s1. The summed E-state index contributed by atoms with van der Waals surface area (Å²) >= 11 is 6.34. The molecule has 1 amide bonds. The quantitative estimate of drug-likeness (QED) is 0.493. The number of amides is 1. The molecular formula is C26H26ClNO4. The number of para-hydroxylation sites is 1. The Labute approximate surface area is 193 Å². The van der Waals surface area contributed by atoms with Gasteiger partial charge in [-0.3, -0.25) is 4.79 Å². The lowest BCUT2D eigenvalue weighted by Gasteiger charge is -2.38. The molecule has 0 unspecified atom stereocenters. The molecule has 0 bridgehead atoms. The summed E-state index contributed by atoms with van der Waals surface area (Å²) in [5.41, 5.74) is 3.60. The summed E-state index contributed by atoms with van der Waals surface area (Å²) in [6, 6.07) is 18.7. The van der Waals surface area contributed by atoms with Crippen molar-refractivity contribution in [3.05, 3.63) is 87.9 Å². The molecule has 0 radical (unpaired) electrons. The molecular weight excluding hydrogens is 426 g/mol. The third kappa shape index (κ3) is 4.13. The summed E-state index contributed by atoms with van der Waals surface area (Å²) in [7, 11) is 3.24. The highest BCUT2D eigenvalue weighted by Gasteiger charge is 2.34. The molecule has 3 aromatic carbocycles. The smallest absolute Gasteiger partial charge is 0.258 e. The van der Waals surface area contributed by atoms with Crippen LogP contribution in [0.5, 0.6) is 17.2 Å². The fourth-order valence-electron chi connectivity index (χ4n) is 4.28. The minimum atomic E-state index is -0.320. The molecule has 0 spiro atoms. The van der Waals surface area contributed by atoms with Gasteiger partial charge in [0, 0.05) is 11.6 Å². The maximum Gasteiger partial charge on any atom is 0.258 e. The first-order valence-electron chi connectivity index (χ1n) is 10.6. The van der Waals surface area contributed by atoms with Gasteiger partial charge in [-0.15, -0.1) is 0 Å². The van der Waals surface area contributed by atoms with Gasteiger partial charge >= 0.3 is 0 Å². The molecule has 3 aromatic rings. The molecule has 0 aromatic heterocycles. The molecule has 4 rings (SSSR count). The van der Waals surface area contributed by atoms with Gasteiger partial charge in [0.1, 0.15) is 5.75 Å². The SMILES string of the molecule is CCOc1ccccc1C(=O)N1CCc2cc(OC)c(OC)cc2[C@@H]1c1cccc(Cl)c1. The van der Waals surface area contributed by atoms with Gasteiger partial charge in [0.15, 0.2) is 11.5 Å². The monoisotopic (exact) mass is 451 g/mol. The van der Waals surface area contributed by atoms with E-state index in [4.69, 9.17) is 25.8 Å². The van der Waals surface area contributed by atoms with Crippen LogP contribution in [0.4, 0.5) is 0 Å². The van der Waals surface area contributed by atoms with Crippen LogP contribution in [0.2, 0.25) is 5.02 Å². The van der Waals surface area contributed by atoms with Crippen molar-refractivity contribution in [3.8, 4) is 17.2 Å². The van der Waals surface area contributed by atoms with Gasteiger partial charge in [0.05, 0.1) is 32.4 Å². The van der Waals surface area contributed by atoms with Crippen LogP contribution in [0.1, 0.15) is 40.0 Å².